The molecule has 4 aromatic rings. The Morgan fingerprint density at radius 1 is 1.14 bits per heavy atom. The minimum Gasteiger partial charge on any atom is -0.478 e. The number of fused-ring (bicyclic) bond motifs is 1. The van der Waals surface area contributed by atoms with E-state index in [4.69, 9.17) is 16.3 Å². The van der Waals surface area contributed by atoms with Gasteiger partial charge in [0.05, 0.1) is 24.8 Å². The van der Waals surface area contributed by atoms with Crippen molar-refractivity contribution in [2.75, 3.05) is 6.54 Å². The molecule has 0 saturated heterocycles. The van der Waals surface area contributed by atoms with Crippen LogP contribution in [0.1, 0.15) is 25.0 Å². The van der Waals surface area contributed by atoms with Gasteiger partial charge in [-0.1, -0.05) is 23.7 Å². The number of rotatable bonds is 8. The van der Waals surface area contributed by atoms with E-state index in [0.717, 1.165) is 12.1 Å². The number of carbonyl (C=O) groups is 1. The number of carbonyl (C=O) groups excluding carboxylic acids is 1. The van der Waals surface area contributed by atoms with Crippen LogP contribution in [0.25, 0.3) is 11.0 Å². The van der Waals surface area contributed by atoms with Gasteiger partial charge in [0.2, 0.25) is 0 Å². The number of benzene rings is 2. The minimum absolute atomic E-state index is 0.0738. The Labute approximate surface area is 214 Å². The third-order valence-electron chi connectivity index (χ3n) is 5.57. The first-order chi connectivity index (χ1) is 17.4. The number of ether oxygens (including phenoxy) is 1. The molecule has 2 aromatic heterocycles. The molecule has 0 spiro atoms. The van der Waals surface area contributed by atoms with Crippen LogP contribution in [0.15, 0.2) is 65.8 Å². The summed E-state index contributed by atoms with van der Waals surface area (Å²) >= 11 is 5.87. The molecule has 4 rings (SSSR count). The van der Waals surface area contributed by atoms with Gasteiger partial charge in [0.1, 0.15) is 17.5 Å². The highest BCUT2D eigenvalue weighted by Gasteiger charge is 2.31. The van der Waals surface area contributed by atoms with E-state index in [1.54, 1.807) is 38.1 Å². The quantitative estimate of drug-likeness (QED) is 0.365. The lowest BCUT2D eigenvalue weighted by Gasteiger charge is -2.25. The summed E-state index contributed by atoms with van der Waals surface area (Å²) in [4.78, 5) is 29.8. The molecule has 0 unspecified atom stereocenters. The van der Waals surface area contributed by atoms with E-state index in [1.165, 1.54) is 33.9 Å². The smallest absolute Gasteiger partial charge is 0.416 e. The summed E-state index contributed by atoms with van der Waals surface area (Å²) in [5.74, 6) is 0.142. The summed E-state index contributed by atoms with van der Waals surface area (Å²) in [5.41, 5.74) is -1.76. The summed E-state index contributed by atoms with van der Waals surface area (Å²) in [6.45, 7) is 3.62. The van der Waals surface area contributed by atoms with Gasteiger partial charge < -0.3 is 10.1 Å². The second-order valence-corrected chi connectivity index (χ2v) is 9.24. The first-order valence-electron chi connectivity index (χ1n) is 11.2. The van der Waals surface area contributed by atoms with Crippen molar-refractivity contribution in [2.24, 2.45) is 0 Å². The lowest BCUT2D eigenvalue weighted by Crippen LogP contribution is -2.47. The van der Waals surface area contributed by atoms with Gasteiger partial charge in [-0.15, -0.1) is 0 Å². The maximum absolute atomic E-state index is 13.0. The number of alkyl halides is 3. The molecule has 2 heterocycles. The summed E-state index contributed by atoms with van der Waals surface area (Å²) < 4.78 is 47.5. The average Bonchev–Trinajstić information content (AvgIpc) is 3.25. The Kier molecular flexibility index (Phi) is 7.26. The molecule has 0 fully saturated rings. The molecule has 194 valence electrons. The molecule has 0 bridgehead atoms. The normalized spacial score (nSPS) is 12.1. The van der Waals surface area contributed by atoms with Crippen LogP contribution < -0.4 is 15.6 Å². The number of aromatic nitrogens is 4. The second kappa shape index (κ2) is 10.3. The van der Waals surface area contributed by atoms with Crippen molar-refractivity contribution in [3.8, 4) is 5.75 Å². The maximum Gasteiger partial charge on any atom is 0.416 e. The molecule has 1 N–H and O–H groups in total. The van der Waals surface area contributed by atoms with Crippen molar-refractivity contribution in [1.82, 2.24) is 24.6 Å². The third-order valence-corrected chi connectivity index (χ3v) is 5.82. The highest BCUT2D eigenvalue weighted by molar-refractivity contribution is 6.30. The maximum atomic E-state index is 13.0. The van der Waals surface area contributed by atoms with Gasteiger partial charge in [-0.25, -0.2) is 9.67 Å². The van der Waals surface area contributed by atoms with Gasteiger partial charge in [0, 0.05) is 11.6 Å². The Balaban J connectivity index is 1.41. The Morgan fingerprint density at radius 2 is 1.86 bits per heavy atom. The number of halogens is 4. The molecular weight excluding hydrogens is 511 g/mol. The van der Waals surface area contributed by atoms with E-state index in [-0.39, 0.29) is 30.9 Å². The number of hydrogen-bond acceptors (Lipinski definition) is 5. The zero-order valence-electron chi connectivity index (χ0n) is 19.9. The van der Waals surface area contributed by atoms with Crippen LogP contribution in [-0.2, 0) is 24.1 Å². The first kappa shape index (κ1) is 26.2. The van der Waals surface area contributed by atoms with Gasteiger partial charge >= 0.3 is 6.18 Å². The number of nitrogens with zero attached hydrogens (tertiary/aromatic N) is 4. The van der Waals surface area contributed by atoms with Gasteiger partial charge in [-0.05, 0) is 55.8 Å². The molecule has 8 nitrogen and oxygen atoms in total. The molecule has 0 aliphatic heterocycles. The Bertz CT molecular complexity index is 1480. The molecule has 12 heteroatoms. The molecule has 0 radical (unpaired) electrons. The van der Waals surface area contributed by atoms with Crippen molar-refractivity contribution in [1.29, 1.82) is 0 Å². The fourth-order valence-corrected chi connectivity index (χ4v) is 3.77. The first-order valence-corrected chi connectivity index (χ1v) is 11.6. The van der Waals surface area contributed by atoms with Crippen molar-refractivity contribution in [3.05, 3.63) is 87.6 Å². The highest BCUT2D eigenvalue weighted by Crippen LogP contribution is 2.29. The summed E-state index contributed by atoms with van der Waals surface area (Å²) in [5, 5.41) is 7.73. The molecule has 1 amide bonds. The molecular formula is C25H23ClF3N5O3. The van der Waals surface area contributed by atoms with E-state index >= 15 is 0 Å². The van der Waals surface area contributed by atoms with Crippen LogP contribution >= 0.6 is 11.6 Å². The van der Waals surface area contributed by atoms with E-state index in [1.807, 2.05) is 0 Å². The van der Waals surface area contributed by atoms with Crippen LogP contribution in [0.3, 0.4) is 0 Å². The zero-order valence-corrected chi connectivity index (χ0v) is 20.7. The van der Waals surface area contributed by atoms with Crippen molar-refractivity contribution in [3.63, 3.8) is 0 Å². The highest BCUT2D eigenvalue weighted by atomic mass is 35.5. The Morgan fingerprint density at radius 3 is 2.57 bits per heavy atom. The number of hydrogen-bond donors (Lipinski definition) is 1. The molecule has 2 aromatic carbocycles. The second-order valence-electron chi connectivity index (χ2n) is 8.80. The van der Waals surface area contributed by atoms with E-state index in [0.29, 0.717) is 22.0 Å². The zero-order chi connectivity index (χ0) is 26.8. The van der Waals surface area contributed by atoms with Crippen LogP contribution in [-0.4, -0.2) is 37.4 Å². The molecule has 37 heavy (non-hydrogen) atoms. The lowest BCUT2D eigenvalue weighted by molar-refractivity contribution is -0.137. The topological polar surface area (TPSA) is 91.0 Å². The van der Waals surface area contributed by atoms with Gasteiger partial charge in [-0.3, -0.25) is 14.2 Å². The molecule has 0 aliphatic carbocycles. The van der Waals surface area contributed by atoms with Crippen LogP contribution in [0.5, 0.6) is 5.75 Å². The SMILES string of the molecule is CC(C)(Oc1ccc(Cl)cc1)C(=O)NCCn1ncc2c(=O)n(Cc3cccc(C(F)(F)F)c3)cnc21. The fourth-order valence-electron chi connectivity index (χ4n) is 3.65. The van der Waals surface area contributed by atoms with E-state index < -0.39 is 22.9 Å². The fraction of sp³-hybridized carbons (Fsp3) is 0.280. The average molecular weight is 534 g/mol. The van der Waals surface area contributed by atoms with Crippen molar-refractivity contribution in [2.45, 2.75) is 38.7 Å². The minimum atomic E-state index is -4.48. The van der Waals surface area contributed by atoms with Crippen LogP contribution in [0.2, 0.25) is 5.02 Å². The van der Waals surface area contributed by atoms with Crippen molar-refractivity contribution >= 4 is 28.5 Å². The van der Waals surface area contributed by atoms with Crippen LogP contribution in [0.4, 0.5) is 13.2 Å². The predicted molar refractivity (Wildman–Crippen MR) is 132 cm³/mol. The van der Waals surface area contributed by atoms with Gasteiger partial charge in [0.15, 0.2) is 11.2 Å². The molecule has 0 atom stereocenters. The third kappa shape index (κ3) is 6.11. The number of amides is 1. The van der Waals surface area contributed by atoms with Gasteiger partial charge in [0.25, 0.3) is 11.5 Å². The number of nitrogens with one attached hydrogen (secondary N) is 1. The standard InChI is InChI=1S/C25H23ClF3N5O3/c1-24(2,37-19-8-6-18(26)7-9-19)23(36)30-10-11-34-21-20(13-32-34)22(35)33(15-31-21)14-16-4-3-5-17(12-16)25(27,28)29/h3-9,12-13,15H,10-11,14H2,1-2H3,(H,30,36). The summed E-state index contributed by atoms with van der Waals surface area (Å²) in [7, 11) is 0. The summed E-state index contributed by atoms with van der Waals surface area (Å²) in [6.07, 6.45) is -1.86. The lowest BCUT2D eigenvalue weighted by atomic mass is 10.1. The van der Waals surface area contributed by atoms with E-state index in [2.05, 4.69) is 15.4 Å². The monoisotopic (exact) mass is 533 g/mol. The Hall–Kier alpha value is -3.86. The van der Waals surface area contributed by atoms with Crippen LogP contribution in [0, 0.1) is 0 Å². The molecule has 0 saturated carbocycles. The van der Waals surface area contributed by atoms with E-state index in [9.17, 15) is 22.8 Å². The summed E-state index contributed by atoms with van der Waals surface area (Å²) in [6, 6.07) is 11.4. The largest absolute Gasteiger partial charge is 0.478 e. The van der Waals surface area contributed by atoms with Crippen molar-refractivity contribution < 1.29 is 22.7 Å². The molecule has 0 aliphatic rings. The predicted octanol–water partition coefficient (Wildman–Crippen LogP) is 4.29. The van der Waals surface area contributed by atoms with Gasteiger partial charge in [-0.2, -0.15) is 18.3 Å².